The highest BCUT2D eigenvalue weighted by Crippen LogP contribution is 2.20. The van der Waals surface area contributed by atoms with E-state index >= 15 is 0 Å². The average molecular weight is 310 g/mol. The highest BCUT2D eigenvalue weighted by atomic mass is 16.5. The smallest absolute Gasteiger partial charge is 0.290 e. The Balaban J connectivity index is 1.89. The van der Waals surface area contributed by atoms with E-state index in [1.54, 1.807) is 25.3 Å². The minimum absolute atomic E-state index is 0.200. The fraction of sp³-hybridized carbons (Fsp3) is 0.235. The number of likely N-dealkylation sites (N-methyl/N-ethyl adjacent to an activating group) is 1. The van der Waals surface area contributed by atoms with Crippen molar-refractivity contribution in [2.75, 3.05) is 20.8 Å². The molecule has 1 unspecified atom stereocenters. The Morgan fingerprint density at radius 2 is 2.04 bits per heavy atom. The van der Waals surface area contributed by atoms with Crippen molar-refractivity contribution in [2.24, 2.45) is 0 Å². The van der Waals surface area contributed by atoms with Gasteiger partial charge in [-0.2, -0.15) is 0 Å². The maximum Gasteiger partial charge on any atom is 0.290 e. The van der Waals surface area contributed by atoms with Crippen molar-refractivity contribution in [3.05, 3.63) is 60.2 Å². The number of ether oxygens (including phenoxy) is 1. The van der Waals surface area contributed by atoms with Gasteiger partial charge in [0, 0.05) is 20.4 Å². The minimum Gasteiger partial charge on any atom is -0.382 e. The number of methoxy groups -OCH3 is 1. The number of hydrogen-bond donors (Lipinski definition) is 1. The quantitative estimate of drug-likeness (QED) is 0.785. The van der Waals surface area contributed by atoms with Gasteiger partial charge < -0.3 is 14.6 Å². The second kappa shape index (κ2) is 6.58. The molecular weight excluding hydrogens is 292 g/mol. The van der Waals surface area contributed by atoms with E-state index in [2.05, 4.69) is 15.0 Å². The molecule has 0 aliphatic heterocycles. The summed E-state index contributed by atoms with van der Waals surface area (Å²) in [6.45, 7) is 0.361. The van der Waals surface area contributed by atoms with Crippen LogP contribution in [0.5, 0.6) is 0 Å². The van der Waals surface area contributed by atoms with Crippen LogP contribution in [0.3, 0.4) is 0 Å². The normalized spacial score (nSPS) is 12.3. The van der Waals surface area contributed by atoms with Crippen molar-refractivity contribution in [2.45, 2.75) is 6.04 Å². The third-order valence-electron chi connectivity index (χ3n) is 3.73. The molecule has 0 aliphatic carbocycles. The van der Waals surface area contributed by atoms with Crippen LogP contribution in [0.25, 0.3) is 11.0 Å². The summed E-state index contributed by atoms with van der Waals surface area (Å²) in [6, 6.07) is 12.9. The number of benzene rings is 1. The van der Waals surface area contributed by atoms with Gasteiger partial charge in [0.1, 0.15) is 0 Å². The molecule has 2 aromatic heterocycles. The van der Waals surface area contributed by atoms with E-state index < -0.39 is 0 Å². The van der Waals surface area contributed by atoms with Gasteiger partial charge in [-0.15, -0.1) is 0 Å². The van der Waals surface area contributed by atoms with Crippen molar-refractivity contribution in [1.82, 2.24) is 19.9 Å². The Bertz CT molecular complexity index is 767. The van der Waals surface area contributed by atoms with Crippen molar-refractivity contribution < 1.29 is 9.53 Å². The zero-order valence-electron chi connectivity index (χ0n) is 13.1. The van der Waals surface area contributed by atoms with Crippen LogP contribution in [0.4, 0.5) is 0 Å². The predicted molar refractivity (Wildman–Crippen MR) is 87.0 cm³/mol. The largest absolute Gasteiger partial charge is 0.382 e. The molecule has 0 saturated heterocycles. The minimum atomic E-state index is -0.276. The molecule has 3 rings (SSSR count). The molecule has 2 heterocycles. The van der Waals surface area contributed by atoms with Crippen molar-refractivity contribution >= 4 is 16.9 Å². The number of H-pyrrole nitrogens is 1. The fourth-order valence-corrected chi connectivity index (χ4v) is 2.49. The maximum atomic E-state index is 12.8. The highest BCUT2D eigenvalue weighted by Gasteiger charge is 2.25. The number of aromatic nitrogens is 3. The number of pyridine rings is 1. The first-order valence-corrected chi connectivity index (χ1v) is 7.32. The van der Waals surface area contributed by atoms with Gasteiger partial charge in [0.25, 0.3) is 5.91 Å². The number of nitrogens with zero attached hydrogens (tertiary/aromatic N) is 3. The Labute approximate surface area is 134 Å². The molecule has 1 N–H and O–H groups in total. The third kappa shape index (κ3) is 3.07. The van der Waals surface area contributed by atoms with Crippen molar-refractivity contribution in [3.63, 3.8) is 0 Å². The van der Waals surface area contributed by atoms with E-state index in [9.17, 15) is 4.79 Å². The summed E-state index contributed by atoms with van der Waals surface area (Å²) < 4.78 is 5.26. The SMILES string of the molecule is COCC(c1ccccn1)N(C)C(=O)c1nc2ccccc2[nH]1. The van der Waals surface area contributed by atoms with Gasteiger partial charge in [-0.05, 0) is 24.3 Å². The van der Waals surface area contributed by atoms with E-state index in [0.29, 0.717) is 12.4 Å². The van der Waals surface area contributed by atoms with Gasteiger partial charge in [-0.25, -0.2) is 4.98 Å². The van der Waals surface area contributed by atoms with Crippen LogP contribution >= 0.6 is 0 Å². The number of hydrogen-bond acceptors (Lipinski definition) is 4. The first-order chi connectivity index (χ1) is 11.2. The second-order valence-electron chi connectivity index (χ2n) is 5.24. The summed E-state index contributed by atoms with van der Waals surface area (Å²) >= 11 is 0. The van der Waals surface area contributed by atoms with E-state index in [-0.39, 0.29) is 11.9 Å². The Morgan fingerprint density at radius 1 is 1.26 bits per heavy atom. The number of carbonyl (C=O) groups is 1. The first-order valence-electron chi connectivity index (χ1n) is 7.32. The van der Waals surface area contributed by atoms with Crippen LogP contribution in [-0.2, 0) is 4.74 Å². The molecule has 0 saturated carbocycles. The number of imidazole rings is 1. The van der Waals surface area contributed by atoms with Crippen LogP contribution in [-0.4, -0.2) is 46.5 Å². The molecule has 1 aromatic carbocycles. The Hall–Kier alpha value is -2.73. The lowest BCUT2D eigenvalue weighted by molar-refractivity contribution is 0.0585. The number of rotatable bonds is 5. The maximum absolute atomic E-state index is 12.8. The summed E-state index contributed by atoms with van der Waals surface area (Å²) in [5.74, 6) is 0.111. The molecule has 6 nitrogen and oxygen atoms in total. The van der Waals surface area contributed by atoms with Gasteiger partial charge in [0.05, 0.1) is 29.4 Å². The Morgan fingerprint density at radius 3 is 2.74 bits per heavy atom. The highest BCUT2D eigenvalue weighted by molar-refractivity contribution is 5.94. The molecule has 1 amide bonds. The number of aromatic amines is 1. The monoisotopic (exact) mass is 310 g/mol. The Kier molecular flexibility index (Phi) is 4.34. The number of nitrogens with one attached hydrogen (secondary N) is 1. The van der Waals surface area contributed by atoms with E-state index in [0.717, 1.165) is 16.7 Å². The van der Waals surface area contributed by atoms with Gasteiger partial charge >= 0.3 is 0 Å². The van der Waals surface area contributed by atoms with Crippen LogP contribution in [0, 0.1) is 0 Å². The van der Waals surface area contributed by atoms with Gasteiger partial charge in [-0.1, -0.05) is 18.2 Å². The molecule has 1 atom stereocenters. The lowest BCUT2D eigenvalue weighted by atomic mass is 10.1. The van der Waals surface area contributed by atoms with Crippen LogP contribution in [0.15, 0.2) is 48.7 Å². The van der Waals surface area contributed by atoms with E-state index in [1.165, 1.54) is 0 Å². The summed E-state index contributed by atoms with van der Waals surface area (Å²) in [7, 11) is 3.34. The van der Waals surface area contributed by atoms with Crippen molar-refractivity contribution in [3.8, 4) is 0 Å². The van der Waals surface area contributed by atoms with Crippen LogP contribution in [0.2, 0.25) is 0 Å². The molecular formula is C17H18N4O2. The molecule has 0 bridgehead atoms. The molecule has 0 spiro atoms. The van der Waals surface area contributed by atoms with Gasteiger partial charge in [-0.3, -0.25) is 9.78 Å². The summed E-state index contributed by atoms with van der Waals surface area (Å²) in [6.07, 6.45) is 1.71. The van der Waals surface area contributed by atoms with Gasteiger partial charge in [0.15, 0.2) is 5.82 Å². The summed E-state index contributed by atoms with van der Waals surface area (Å²) in [4.78, 5) is 26.1. The zero-order valence-corrected chi connectivity index (χ0v) is 13.1. The molecule has 6 heteroatoms. The van der Waals surface area contributed by atoms with Gasteiger partial charge in [0.2, 0.25) is 0 Å². The topological polar surface area (TPSA) is 71.1 Å². The molecule has 118 valence electrons. The molecule has 0 radical (unpaired) electrons. The predicted octanol–water partition coefficient (Wildman–Crippen LogP) is 2.42. The molecule has 0 aliphatic rings. The molecule has 3 aromatic rings. The van der Waals surface area contributed by atoms with Crippen LogP contribution < -0.4 is 0 Å². The number of carbonyl (C=O) groups excluding carboxylic acids is 1. The second-order valence-corrected chi connectivity index (χ2v) is 5.24. The third-order valence-corrected chi connectivity index (χ3v) is 3.73. The van der Waals surface area contributed by atoms with E-state index in [4.69, 9.17) is 4.74 Å². The molecule has 0 fully saturated rings. The van der Waals surface area contributed by atoms with Crippen LogP contribution in [0.1, 0.15) is 22.4 Å². The lowest BCUT2D eigenvalue weighted by Crippen LogP contribution is -2.34. The summed E-state index contributed by atoms with van der Waals surface area (Å²) in [5, 5.41) is 0. The molecule has 23 heavy (non-hydrogen) atoms. The first kappa shape index (κ1) is 15.2. The fourth-order valence-electron chi connectivity index (χ4n) is 2.49. The lowest BCUT2D eigenvalue weighted by Gasteiger charge is -2.26. The standard InChI is InChI=1S/C17H18N4O2/c1-21(15(11-23-2)14-9-5-6-10-18-14)17(22)16-19-12-7-3-4-8-13(12)20-16/h3-10,15H,11H2,1-2H3,(H,19,20). The number of fused-ring (bicyclic) bond motifs is 1. The van der Waals surface area contributed by atoms with E-state index in [1.807, 2.05) is 42.5 Å². The van der Waals surface area contributed by atoms with Crippen molar-refractivity contribution in [1.29, 1.82) is 0 Å². The average Bonchev–Trinajstić information content (AvgIpc) is 3.03. The number of amides is 1. The number of para-hydroxylation sites is 2. The summed E-state index contributed by atoms with van der Waals surface area (Å²) in [5.41, 5.74) is 2.39. The zero-order chi connectivity index (χ0) is 16.2.